The van der Waals surface area contributed by atoms with E-state index in [-0.39, 0.29) is 0 Å². The van der Waals surface area contributed by atoms with Crippen molar-refractivity contribution in [3.8, 4) is 17.1 Å². The number of anilines is 2. The predicted octanol–water partition coefficient (Wildman–Crippen LogP) is 3.35. The highest BCUT2D eigenvalue weighted by molar-refractivity contribution is 7.14. The minimum absolute atomic E-state index is 0.571. The second-order valence-electron chi connectivity index (χ2n) is 3.94. The van der Waals surface area contributed by atoms with Crippen molar-refractivity contribution in [2.75, 3.05) is 12.4 Å². The summed E-state index contributed by atoms with van der Waals surface area (Å²) in [5.74, 6) is 1.34. The van der Waals surface area contributed by atoms with Gasteiger partial charge in [-0.1, -0.05) is 6.07 Å². The van der Waals surface area contributed by atoms with E-state index < -0.39 is 0 Å². The zero-order valence-corrected chi connectivity index (χ0v) is 11.6. The number of nitrogens with zero attached hydrogens (tertiary/aromatic N) is 3. The zero-order chi connectivity index (χ0) is 13.8. The van der Waals surface area contributed by atoms with Gasteiger partial charge in [-0.2, -0.15) is 0 Å². The predicted molar refractivity (Wildman–Crippen MR) is 79.4 cm³/mol. The van der Waals surface area contributed by atoms with Crippen LogP contribution in [0, 0.1) is 0 Å². The summed E-state index contributed by atoms with van der Waals surface area (Å²) in [5.41, 5.74) is 1.71. The Labute approximate surface area is 120 Å². The molecule has 1 N–H and O–H groups in total. The van der Waals surface area contributed by atoms with Crippen LogP contribution in [0.1, 0.15) is 0 Å². The summed E-state index contributed by atoms with van der Waals surface area (Å²) < 4.78 is 5.25. The lowest BCUT2D eigenvalue weighted by Gasteiger charge is -2.03. The van der Waals surface area contributed by atoms with Crippen molar-refractivity contribution in [1.29, 1.82) is 0 Å². The van der Waals surface area contributed by atoms with Crippen LogP contribution in [0.4, 0.5) is 10.9 Å². The van der Waals surface area contributed by atoms with Crippen molar-refractivity contribution < 1.29 is 4.74 Å². The summed E-state index contributed by atoms with van der Waals surface area (Å²) in [6.45, 7) is 0. The third-order valence-electron chi connectivity index (χ3n) is 2.64. The molecule has 0 fully saturated rings. The fraction of sp³-hybridized carbons (Fsp3) is 0.0714. The minimum Gasteiger partial charge on any atom is -0.481 e. The van der Waals surface area contributed by atoms with Gasteiger partial charge in [0.15, 0.2) is 5.13 Å². The summed E-state index contributed by atoms with van der Waals surface area (Å²) >= 11 is 1.51. The van der Waals surface area contributed by atoms with E-state index in [0.29, 0.717) is 5.88 Å². The molecule has 0 aliphatic rings. The van der Waals surface area contributed by atoms with Crippen molar-refractivity contribution in [3.63, 3.8) is 0 Å². The van der Waals surface area contributed by atoms with Gasteiger partial charge in [-0.3, -0.25) is 0 Å². The second-order valence-corrected chi connectivity index (χ2v) is 4.80. The monoisotopic (exact) mass is 284 g/mol. The van der Waals surface area contributed by atoms with E-state index in [1.807, 2.05) is 35.7 Å². The van der Waals surface area contributed by atoms with Crippen molar-refractivity contribution in [1.82, 2.24) is 15.0 Å². The van der Waals surface area contributed by atoms with Gasteiger partial charge in [-0.15, -0.1) is 11.3 Å². The van der Waals surface area contributed by atoms with Crippen molar-refractivity contribution >= 4 is 22.3 Å². The molecule has 100 valence electrons. The lowest BCUT2D eigenvalue weighted by Crippen LogP contribution is -1.93. The van der Waals surface area contributed by atoms with E-state index in [4.69, 9.17) is 4.74 Å². The molecule has 0 aliphatic carbocycles. The number of rotatable bonds is 4. The van der Waals surface area contributed by atoms with Crippen LogP contribution in [-0.2, 0) is 0 Å². The fourth-order valence-electron chi connectivity index (χ4n) is 1.75. The molecule has 0 bridgehead atoms. The Kier molecular flexibility index (Phi) is 3.56. The van der Waals surface area contributed by atoms with Crippen LogP contribution in [0.25, 0.3) is 11.3 Å². The highest BCUT2D eigenvalue weighted by Gasteiger charge is 2.10. The van der Waals surface area contributed by atoms with E-state index in [2.05, 4.69) is 20.3 Å². The Bertz CT molecular complexity index is 699. The maximum atomic E-state index is 5.25. The second kappa shape index (κ2) is 5.66. The fourth-order valence-corrected chi connectivity index (χ4v) is 2.47. The molecule has 0 saturated carbocycles. The van der Waals surface area contributed by atoms with E-state index in [9.17, 15) is 0 Å². The summed E-state index contributed by atoms with van der Waals surface area (Å²) in [6, 6.07) is 9.49. The summed E-state index contributed by atoms with van der Waals surface area (Å²) in [6.07, 6.45) is 3.43. The molecule has 3 aromatic heterocycles. The van der Waals surface area contributed by atoms with Crippen LogP contribution in [0.3, 0.4) is 0 Å². The average molecular weight is 284 g/mol. The molecule has 0 amide bonds. The van der Waals surface area contributed by atoms with Gasteiger partial charge in [-0.05, 0) is 24.3 Å². The van der Waals surface area contributed by atoms with E-state index >= 15 is 0 Å². The first kappa shape index (κ1) is 12.6. The molecule has 20 heavy (non-hydrogen) atoms. The summed E-state index contributed by atoms with van der Waals surface area (Å²) in [5, 5.41) is 5.91. The first-order valence-electron chi connectivity index (χ1n) is 6.00. The zero-order valence-electron chi connectivity index (χ0n) is 10.8. The van der Waals surface area contributed by atoms with Gasteiger partial charge in [0, 0.05) is 17.8 Å². The number of hydrogen-bond donors (Lipinski definition) is 1. The molecular formula is C14H12N4OS. The van der Waals surface area contributed by atoms with Crippen molar-refractivity contribution in [2.24, 2.45) is 0 Å². The van der Waals surface area contributed by atoms with Gasteiger partial charge in [0.2, 0.25) is 5.88 Å². The SMILES string of the molecule is COc1ncccc1-c1csc(Nc2ccccn2)n1. The van der Waals surface area contributed by atoms with E-state index in [1.54, 1.807) is 19.5 Å². The molecule has 0 unspecified atom stereocenters. The van der Waals surface area contributed by atoms with Crippen LogP contribution in [0.15, 0.2) is 48.1 Å². The quantitative estimate of drug-likeness (QED) is 0.796. The van der Waals surface area contributed by atoms with Crippen molar-refractivity contribution in [2.45, 2.75) is 0 Å². The molecule has 0 radical (unpaired) electrons. The van der Waals surface area contributed by atoms with Gasteiger partial charge in [-0.25, -0.2) is 15.0 Å². The Balaban J connectivity index is 1.87. The molecule has 0 spiro atoms. The molecular weight excluding hydrogens is 272 g/mol. The molecule has 3 rings (SSSR count). The first-order chi connectivity index (χ1) is 9.86. The number of ether oxygens (including phenoxy) is 1. The largest absolute Gasteiger partial charge is 0.481 e. The minimum atomic E-state index is 0.571. The summed E-state index contributed by atoms with van der Waals surface area (Å²) in [7, 11) is 1.60. The van der Waals surface area contributed by atoms with Crippen LogP contribution in [0.2, 0.25) is 0 Å². The third-order valence-corrected chi connectivity index (χ3v) is 3.40. The highest BCUT2D eigenvalue weighted by atomic mass is 32.1. The standard InChI is InChI=1S/C14H12N4OS/c1-19-13-10(5-4-8-16-13)11-9-20-14(17-11)18-12-6-2-3-7-15-12/h2-9H,1H3,(H,15,17,18). The topological polar surface area (TPSA) is 59.9 Å². The number of thiazole rings is 1. The highest BCUT2D eigenvalue weighted by Crippen LogP contribution is 2.31. The molecule has 6 heteroatoms. The molecule has 0 aromatic carbocycles. The van der Waals surface area contributed by atoms with Gasteiger partial charge in [0.05, 0.1) is 18.4 Å². The number of pyridine rings is 2. The van der Waals surface area contributed by atoms with E-state index in [1.165, 1.54) is 11.3 Å². The van der Waals surface area contributed by atoms with Crippen LogP contribution in [-0.4, -0.2) is 22.1 Å². The summed E-state index contributed by atoms with van der Waals surface area (Å²) in [4.78, 5) is 12.9. The number of methoxy groups -OCH3 is 1. The lowest BCUT2D eigenvalue weighted by molar-refractivity contribution is 0.399. The average Bonchev–Trinajstić information content (AvgIpc) is 2.96. The number of aromatic nitrogens is 3. The third kappa shape index (κ3) is 2.60. The number of hydrogen-bond acceptors (Lipinski definition) is 6. The Hall–Kier alpha value is -2.47. The molecule has 3 heterocycles. The van der Waals surface area contributed by atoms with Crippen molar-refractivity contribution in [3.05, 3.63) is 48.1 Å². The van der Waals surface area contributed by atoms with Gasteiger partial charge < -0.3 is 10.1 Å². The molecule has 5 nitrogen and oxygen atoms in total. The lowest BCUT2D eigenvalue weighted by atomic mass is 10.2. The smallest absolute Gasteiger partial charge is 0.222 e. The van der Waals surface area contributed by atoms with Gasteiger partial charge in [0.25, 0.3) is 0 Å². The van der Waals surface area contributed by atoms with Gasteiger partial charge >= 0.3 is 0 Å². The Morgan fingerprint density at radius 2 is 2.00 bits per heavy atom. The molecule has 3 aromatic rings. The molecule has 0 saturated heterocycles. The van der Waals surface area contributed by atoms with Gasteiger partial charge in [0.1, 0.15) is 5.82 Å². The Morgan fingerprint density at radius 3 is 2.80 bits per heavy atom. The van der Waals surface area contributed by atoms with Crippen LogP contribution in [0.5, 0.6) is 5.88 Å². The molecule has 0 aliphatic heterocycles. The maximum Gasteiger partial charge on any atom is 0.222 e. The first-order valence-corrected chi connectivity index (χ1v) is 6.88. The maximum absolute atomic E-state index is 5.25. The van der Waals surface area contributed by atoms with Crippen LogP contribution >= 0.6 is 11.3 Å². The van der Waals surface area contributed by atoms with Crippen LogP contribution < -0.4 is 10.1 Å². The normalized spacial score (nSPS) is 10.2. The number of nitrogens with one attached hydrogen (secondary N) is 1. The Morgan fingerprint density at radius 1 is 1.10 bits per heavy atom. The van der Waals surface area contributed by atoms with E-state index in [0.717, 1.165) is 22.2 Å². The molecule has 0 atom stereocenters.